The highest BCUT2D eigenvalue weighted by molar-refractivity contribution is 5.79. The highest BCUT2D eigenvalue weighted by Crippen LogP contribution is 2.14. The molecule has 2 unspecified atom stereocenters. The molecule has 8 nitrogen and oxygen atoms in total. The number of aromatic nitrogens is 4. The van der Waals surface area contributed by atoms with E-state index in [1.54, 1.807) is 0 Å². The number of amides is 1. The standard InChI is InChI=1S/C10H18N6O2/c1-2-3-11-8-6-18-5-7(8)10(17)12-4-9-13-15-16-14-9/h7-8,11H,2-6H2,1H3,(H,12,17)(H,13,14,15,16). The molecule has 0 aliphatic carbocycles. The lowest BCUT2D eigenvalue weighted by molar-refractivity contribution is -0.125. The minimum Gasteiger partial charge on any atom is -0.379 e. The monoisotopic (exact) mass is 254 g/mol. The molecule has 100 valence electrons. The quantitative estimate of drug-likeness (QED) is 0.591. The fraction of sp³-hybridized carbons (Fsp3) is 0.800. The average Bonchev–Trinajstić information content (AvgIpc) is 3.04. The lowest BCUT2D eigenvalue weighted by atomic mass is 10.0. The van der Waals surface area contributed by atoms with Crippen LogP contribution in [0.2, 0.25) is 0 Å². The van der Waals surface area contributed by atoms with E-state index in [2.05, 4.69) is 38.2 Å². The van der Waals surface area contributed by atoms with Crippen LogP contribution >= 0.6 is 0 Å². The van der Waals surface area contributed by atoms with Gasteiger partial charge in [0.2, 0.25) is 5.91 Å². The van der Waals surface area contributed by atoms with E-state index >= 15 is 0 Å². The van der Waals surface area contributed by atoms with Gasteiger partial charge in [0.15, 0.2) is 5.82 Å². The second-order valence-corrected chi connectivity index (χ2v) is 4.25. The SMILES string of the molecule is CCCNC1COCC1C(=O)NCc1nn[nH]n1. The van der Waals surface area contributed by atoms with Gasteiger partial charge in [-0.25, -0.2) is 0 Å². The average molecular weight is 254 g/mol. The van der Waals surface area contributed by atoms with Crippen LogP contribution in [-0.2, 0) is 16.1 Å². The lowest BCUT2D eigenvalue weighted by Crippen LogP contribution is -2.44. The molecule has 1 aromatic heterocycles. The zero-order valence-corrected chi connectivity index (χ0v) is 10.3. The maximum Gasteiger partial charge on any atom is 0.227 e. The number of nitrogens with one attached hydrogen (secondary N) is 3. The number of tetrazole rings is 1. The van der Waals surface area contributed by atoms with Gasteiger partial charge in [-0.05, 0) is 13.0 Å². The van der Waals surface area contributed by atoms with Gasteiger partial charge in [-0.3, -0.25) is 4.79 Å². The first-order chi connectivity index (χ1) is 8.81. The van der Waals surface area contributed by atoms with Crippen LogP contribution < -0.4 is 10.6 Å². The molecule has 1 aliphatic rings. The summed E-state index contributed by atoms with van der Waals surface area (Å²) < 4.78 is 5.35. The molecule has 2 heterocycles. The summed E-state index contributed by atoms with van der Waals surface area (Å²) in [6.45, 7) is 4.31. The number of hydrogen-bond donors (Lipinski definition) is 3. The molecule has 18 heavy (non-hydrogen) atoms. The van der Waals surface area contributed by atoms with E-state index in [0.717, 1.165) is 13.0 Å². The molecule has 0 bridgehead atoms. The summed E-state index contributed by atoms with van der Waals surface area (Å²) in [7, 11) is 0. The van der Waals surface area contributed by atoms with Crippen LogP contribution in [0.5, 0.6) is 0 Å². The molecule has 2 atom stereocenters. The van der Waals surface area contributed by atoms with Crippen LogP contribution in [0.15, 0.2) is 0 Å². The second-order valence-electron chi connectivity index (χ2n) is 4.25. The van der Waals surface area contributed by atoms with Gasteiger partial charge in [0.25, 0.3) is 0 Å². The summed E-state index contributed by atoms with van der Waals surface area (Å²) in [6, 6.07) is 0.0928. The van der Waals surface area contributed by atoms with Crippen molar-refractivity contribution in [2.24, 2.45) is 5.92 Å². The van der Waals surface area contributed by atoms with Crippen LogP contribution in [0.25, 0.3) is 0 Å². The largest absolute Gasteiger partial charge is 0.379 e. The Kier molecular flexibility index (Phi) is 4.59. The Balaban J connectivity index is 1.80. The van der Waals surface area contributed by atoms with Gasteiger partial charge < -0.3 is 15.4 Å². The molecular weight excluding hydrogens is 236 g/mol. The first kappa shape index (κ1) is 12.9. The predicted molar refractivity (Wildman–Crippen MR) is 62.4 cm³/mol. The van der Waals surface area contributed by atoms with E-state index in [1.807, 2.05) is 0 Å². The maximum atomic E-state index is 12.0. The van der Waals surface area contributed by atoms with Crippen molar-refractivity contribution in [3.8, 4) is 0 Å². The van der Waals surface area contributed by atoms with E-state index in [0.29, 0.717) is 19.0 Å². The molecule has 1 fully saturated rings. The van der Waals surface area contributed by atoms with Crippen molar-refractivity contribution in [3.05, 3.63) is 5.82 Å². The Morgan fingerprint density at radius 3 is 3.17 bits per heavy atom. The summed E-state index contributed by atoms with van der Waals surface area (Å²) in [6.07, 6.45) is 1.04. The molecule has 3 N–H and O–H groups in total. The fourth-order valence-electron chi connectivity index (χ4n) is 1.90. The number of hydrogen-bond acceptors (Lipinski definition) is 6. The minimum atomic E-state index is -0.150. The molecule has 0 spiro atoms. The van der Waals surface area contributed by atoms with Crippen molar-refractivity contribution >= 4 is 5.91 Å². The van der Waals surface area contributed by atoms with E-state index in [1.165, 1.54) is 0 Å². The molecule has 0 saturated carbocycles. The second kappa shape index (κ2) is 6.41. The number of H-pyrrole nitrogens is 1. The van der Waals surface area contributed by atoms with E-state index in [9.17, 15) is 4.79 Å². The highest BCUT2D eigenvalue weighted by Gasteiger charge is 2.33. The van der Waals surface area contributed by atoms with Crippen LogP contribution in [0.4, 0.5) is 0 Å². The van der Waals surface area contributed by atoms with Gasteiger partial charge in [0, 0.05) is 6.04 Å². The number of ether oxygens (including phenoxy) is 1. The Hall–Kier alpha value is -1.54. The Morgan fingerprint density at radius 1 is 1.56 bits per heavy atom. The van der Waals surface area contributed by atoms with Gasteiger partial charge in [-0.15, -0.1) is 10.2 Å². The van der Waals surface area contributed by atoms with Crippen molar-refractivity contribution in [3.63, 3.8) is 0 Å². The molecule has 1 saturated heterocycles. The minimum absolute atomic E-state index is 0.0362. The smallest absolute Gasteiger partial charge is 0.227 e. The number of aromatic amines is 1. The summed E-state index contributed by atoms with van der Waals surface area (Å²) in [4.78, 5) is 12.0. The Bertz CT molecular complexity index is 368. The van der Waals surface area contributed by atoms with Gasteiger partial charge >= 0.3 is 0 Å². The third-order valence-corrected chi connectivity index (χ3v) is 2.88. The summed E-state index contributed by atoms with van der Waals surface area (Å²) >= 11 is 0. The number of carbonyl (C=O) groups is 1. The van der Waals surface area contributed by atoms with E-state index in [4.69, 9.17) is 4.74 Å². The molecule has 1 aromatic rings. The first-order valence-electron chi connectivity index (χ1n) is 6.12. The van der Waals surface area contributed by atoms with Crippen molar-refractivity contribution in [2.45, 2.75) is 25.9 Å². The van der Waals surface area contributed by atoms with E-state index in [-0.39, 0.29) is 24.4 Å². The summed E-state index contributed by atoms with van der Waals surface area (Å²) in [5.41, 5.74) is 0. The van der Waals surface area contributed by atoms with Crippen LogP contribution in [0, 0.1) is 5.92 Å². The fourth-order valence-corrected chi connectivity index (χ4v) is 1.90. The van der Waals surface area contributed by atoms with Crippen LogP contribution in [0.3, 0.4) is 0 Å². The zero-order valence-electron chi connectivity index (χ0n) is 10.3. The number of nitrogens with zero attached hydrogens (tertiary/aromatic N) is 3. The highest BCUT2D eigenvalue weighted by atomic mass is 16.5. The number of carbonyl (C=O) groups excluding carboxylic acids is 1. The van der Waals surface area contributed by atoms with E-state index < -0.39 is 0 Å². The first-order valence-corrected chi connectivity index (χ1v) is 6.12. The van der Waals surface area contributed by atoms with Crippen molar-refractivity contribution in [1.82, 2.24) is 31.3 Å². The predicted octanol–water partition coefficient (Wildman–Crippen LogP) is -1.17. The number of rotatable bonds is 6. The van der Waals surface area contributed by atoms with Crippen molar-refractivity contribution < 1.29 is 9.53 Å². The van der Waals surface area contributed by atoms with Crippen LogP contribution in [-0.4, -0.2) is 52.3 Å². The van der Waals surface area contributed by atoms with Gasteiger partial charge in [-0.1, -0.05) is 12.1 Å². The molecular formula is C10H18N6O2. The van der Waals surface area contributed by atoms with Gasteiger partial charge in [-0.2, -0.15) is 5.21 Å². The molecule has 1 amide bonds. The van der Waals surface area contributed by atoms with Crippen molar-refractivity contribution in [2.75, 3.05) is 19.8 Å². The summed E-state index contributed by atoms with van der Waals surface area (Å²) in [5.74, 6) is 0.287. The van der Waals surface area contributed by atoms with Crippen LogP contribution in [0.1, 0.15) is 19.2 Å². The maximum absolute atomic E-state index is 12.0. The zero-order chi connectivity index (χ0) is 12.8. The Morgan fingerprint density at radius 2 is 2.44 bits per heavy atom. The van der Waals surface area contributed by atoms with Crippen molar-refractivity contribution in [1.29, 1.82) is 0 Å². The molecule has 2 rings (SSSR count). The normalized spacial score (nSPS) is 23.2. The van der Waals surface area contributed by atoms with Gasteiger partial charge in [0.1, 0.15) is 0 Å². The third kappa shape index (κ3) is 3.23. The Labute approximate surface area is 105 Å². The molecule has 1 aliphatic heterocycles. The molecule has 0 radical (unpaired) electrons. The lowest BCUT2D eigenvalue weighted by Gasteiger charge is -2.17. The van der Waals surface area contributed by atoms with Gasteiger partial charge in [0.05, 0.1) is 25.7 Å². The topological polar surface area (TPSA) is 105 Å². The molecule has 0 aromatic carbocycles. The third-order valence-electron chi connectivity index (χ3n) is 2.88. The molecule has 8 heteroatoms. The summed E-state index contributed by atoms with van der Waals surface area (Å²) in [5, 5.41) is 19.4.